The van der Waals surface area contributed by atoms with Gasteiger partial charge in [0.15, 0.2) is 0 Å². The lowest BCUT2D eigenvalue weighted by molar-refractivity contribution is 0.0953. The van der Waals surface area contributed by atoms with Gasteiger partial charge in [0.05, 0.1) is 4.90 Å². The van der Waals surface area contributed by atoms with Gasteiger partial charge in [-0.2, -0.15) is 0 Å². The van der Waals surface area contributed by atoms with Gasteiger partial charge < -0.3 is 5.32 Å². The van der Waals surface area contributed by atoms with Crippen LogP contribution in [0.5, 0.6) is 0 Å². The molecule has 0 saturated carbocycles. The molecule has 0 heterocycles. The molecule has 0 aliphatic carbocycles. The Morgan fingerprint density at radius 2 is 1.69 bits per heavy atom. The lowest BCUT2D eigenvalue weighted by atomic mass is 10.1. The van der Waals surface area contributed by atoms with E-state index in [2.05, 4.69) is 5.32 Å². The van der Waals surface area contributed by atoms with Crippen LogP contribution in [0.2, 0.25) is 0 Å². The highest BCUT2D eigenvalue weighted by Gasteiger charge is 2.17. The molecule has 0 aromatic heterocycles. The SMILES string of the molecule is CN(C)S(=O)(=O)c1ccc(C(=O)NCCCCc2ccccc2F)cc1. The summed E-state index contributed by atoms with van der Waals surface area (Å²) in [5.41, 5.74) is 1.08. The van der Waals surface area contributed by atoms with Crippen molar-refractivity contribution in [3.63, 3.8) is 0 Å². The van der Waals surface area contributed by atoms with Crippen LogP contribution in [0.4, 0.5) is 4.39 Å². The van der Waals surface area contributed by atoms with Gasteiger partial charge in [0.25, 0.3) is 5.91 Å². The van der Waals surface area contributed by atoms with E-state index in [-0.39, 0.29) is 16.6 Å². The molecular weight excluding hydrogens is 355 g/mol. The number of halogens is 1. The molecule has 0 fully saturated rings. The van der Waals surface area contributed by atoms with Gasteiger partial charge in [-0.15, -0.1) is 0 Å². The number of hydrogen-bond donors (Lipinski definition) is 1. The smallest absolute Gasteiger partial charge is 0.251 e. The maximum Gasteiger partial charge on any atom is 0.251 e. The number of aryl methyl sites for hydroxylation is 1. The number of rotatable bonds is 8. The van der Waals surface area contributed by atoms with E-state index in [9.17, 15) is 17.6 Å². The van der Waals surface area contributed by atoms with Crippen LogP contribution in [0.3, 0.4) is 0 Å². The Bertz CT molecular complexity index is 849. The Labute approximate surface area is 153 Å². The van der Waals surface area contributed by atoms with Gasteiger partial charge in [-0.1, -0.05) is 18.2 Å². The van der Waals surface area contributed by atoms with Crippen LogP contribution in [0.15, 0.2) is 53.4 Å². The van der Waals surface area contributed by atoms with Crippen LogP contribution in [-0.2, 0) is 16.4 Å². The number of hydrogen-bond acceptors (Lipinski definition) is 3. The fourth-order valence-corrected chi connectivity index (χ4v) is 3.34. The lowest BCUT2D eigenvalue weighted by Crippen LogP contribution is -2.25. The van der Waals surface area contributed by atoms with Crippen LogP contribution in [0, 0.1) is 5.82 Å². The normalized spacial score (nSPS) is 11.5. The molecular formula is C19H23FN2O3S. The summed E-state index contributed by atoms with van der Waals surface area (Å²) >= 11 is 0. The third-order valence-corrected chi connectivity index (χ3v) is 5.84. The quantitative estimate of drug-likeness (QED) is 0.719. The summed E-state index contributed by atoms with van der Waals surface area (Å²) in [6.07, 6.45) is 2.12. The Hall–Kier alpha value is -2.25. The molecule has 0 saturated heterocycles. The van der Waals surface area contributed by atoms with Gasteiger partial charge in [0, 0.05) is 26.2 Å². The zero-order valence-corrected chi connectivity index (χ0v) is 15.7. The van der Waals surface area contributed by atoms with Gasteiger partial charge in [0.1, 0.15) is 5.82 Å². The number of unbranched alkanes of at least 4 members (excludes halogenated alkanes) is 1. The number of carbonyl (C=O) groups is 1. The van der Waals surface area contributed by atoms with E-state index in [0.29, 0.717) is 24.1 Å². The molecule has 0 spiro atoms. The molecule has 2 aromatic carbocycles. The molecule has 7 heteroatoms. The maximum atomic E-state index is 13.5. The van der Waals surface area contributed by atoms with Crippen LogP contribution >= 0.6 is 0 Å². The minimum Gasteiger partial charge on any atom is -0.352 e. The van der Waals surface area contributed by atoms with Crippen LogP contribution < -0.4 is 5.32 Å². The molecule has 0 bridgehead atoms. The van der Waals surface area contributed by atoms with Gasteiger partial charge in [-0.3, -0.25) is 4.79 Å². The number of benzene rings is 2. The molecule has 0 aliphatic heterocycles. The molecule has 0 unspecified atom stereocenters. The summed E-state index contributed by atoms with van der Waals surface area (Å²) in [5.74, 6) is -0.464. The Morgan fingerprint density at radius 1 is 1.04 bits per heavy atom. The Morgan fingerprint density at radius 3 is 2.31 bits per heavy atom. The molecule has 140 valence electrons. The fourth-order valence-electron chi connectivity index (χ4n) is 2.43. The Balaban J connectivity index is 1.80. The van der Waals surface area contributed by atoms with Crippen molar-refractivity contribution >= 4 is 15.9 Å². The second-order valence-electron chi connectivity index (χ2n) is 6.12. The number of sulfonamides is 1. The Kier molecular flexibility index (Phi) is 6.88. The molecule has 0 atom stereocenters. The largest absolute Gasteiger partial charge is 0.352 e. The van der Waals surface area contributed by atoms with Gasteiger partial charge >= 0.3 is 0 Å². The average molecular weight is 378 g/mol. The number of carbonyl (C=O) groups excluding carboxylic acids is 1. The maximum absolute atomic E-state index is 13.5. The predicted molar refractivity (Wildman–Crippen MR) is 99.0 cm³/mol. The second-order valence-corrected chi connectivity index (χ2v) is 8.27. The van der Waals surface area contributed by atoms with E-state index in [0.717, 1.165) is 17.1 Å². The molecule has 2 aromatic rings. The van der Waals surface area contributed by atoms with Crippen molar-refractivity contribution in [1.82, 2.24) is 9.62 Å². The van der Waals surface area contributed by atoms with Gasteiger partial charge in [-0.25, -0.2) is 17.1 Å². The third kappa shape index (κ3) is 5.12. The first-order valence-electron chi connectivity index (χ1n) is 8.36. The van der Waals surface area contributed by atoms with Gasteiger partial charge in [-0.05, 0) is 55.2 Å². The standard InChI is InChI=1S/C19H23FN2O3S/c1-22(2)26(24,25)17-12-10-16(11-13-17)19(23)21-14-6-5-8-15-7-3-4-9-18(15)20/h3-4,7,9-13H,5-6,8,14H2,1-2H3,(H,21,23). The van der Waals surface area contributed by atoms with E-state index in [1.165, 1.54) is 44.4 Å². The first kappa shape index (κ1) is 20.1. The summed E-state index contributed by atoms with van der Waals surface area (Å²) in [6.45, 7) is 0.477. The van der Waals surface area contributed by atoms with Crippen LogP contribution in [0.1, 0.15) is 28.8 Å². The minimum absolute atomic E-state index is 0.143. The summed E-state index contributed by atoms with van der Waals surface area (Å²) in [5, 5.41) is 2.79. The number of amides is 1. The molecule has 0 aliphatic rings. The summed E-state index contributed by atoms with van der Waals surface area (Å²) in [4.78, 5) is 12.2. The number of nitrogens with one attached hydrogen (secondary N) is 1. The lowest BCUT2D eigenvalue weighted by Gasteiger charge is -2.11. The number of nitrogens with zero attached hydrogens (tertiary/aromatic N) is 1. The summed E-state index contributed by atoms with van der Waals surface area (Å²) in [7, 11) is -0.591. The highest BCUT2D eigenvalue weighted by Crippen LogP contribution is 2.14. The topological polar surface area (TPSA) is 66.5 Å². The van der Waals surface area contributed by atoms with E-state index < -0.39 is 10.0 Å². The van der Waals surface area contributed by atoms with Crippen molar-refractivity contribution in [2.24, 2.45) is 0 Å². The zero-order chi connectivity index (χ0) is 19.2. The molecule has 1 N–H and O–H groups in total. The van der Waals surface area contributed by atoms with Crippen molar-refractivity contribution in [3.05, 3.63) is 65.5 Å². The zero-order valence-electron chi connectivity index (χ0n) is 14.9. The first-order valence-corrected chi connectivity index (χ1v) is 9.80. The van der Waals surface area contributed by atoms with E-state index >= 15 is 0 Å². The van der Waals surface area contributed by atoms with E-state index in [1.807, 2.05) is 0 Å². The van der Waals surface area contributed by atoms with Crippen molar-refractivity contribution in [1.29, 1.82) is 0 Å². The monoisotopic (exact) mass is 378 g/mol. The molecule has 26 heavy (non-hydrogen) atoms. The van der Waals surface area contributed by atoms with E-state index in [1.54, 1.807) is 18.2 Å². The molecule has 5 nitrogen and oxygen atoms in total. The van der Waals surface area contributed by atoms with Crippen molar-refractivity contribution in [2.45, 2.75) is 24.2 Å². The van der Waals surface area contributed by atoms with Crippen LogP contribution in [-0.4, -0.2) is 39.3 Å². The third-order valence-electron chi connectivity index (χ3n) is 4.01. The predicted octanol–water partition coefficient (Wildman–Crippen LogP) is 2.83. The molecule has 2 rings (SSSR count). The second kappa shape index (κ2) is 8.91. The fraction of sp³-hybridized carbons (Fsp3) is 0.316. The minimum atomic E-state index is -3.50. The highest BCUT2D eigenvalue weighted by atomic mass is 32.2. The first-order chi connectivity index (χ1) is 12.3. The van der Waals surface area contributed by atoms with E-state index in [4.69, 9.17) is 0 Å². The van der Waals surface area contributed by atoms with Crippen molar-refractivity contribution in [2.75, 3.05) is 20.6 Å². The summed E-state index contributed by atoms with van der Waals surface area (Å²) in [6, 6.07) is 12.5. The van der Waals surface area contributed by atoms with Crippen LogP contribution in [0.25, 0.3) is 0 Å². The summed E-state index contributed by atoms with van der Waals surface area (Å²) < 4.78 is 38.6. The molecule has 1 amide bonds. The molecule has 0 radical (unpaired) electrons. The highest BCUT2D eigenvalue weighted by molar-refractivity contribution is 7.89. The van der Waals surface area contributed by atoms with Crippen molar-refractivity contribution in [3.8, 4) is 0 Å². The van der Waals surface area contributed by atoms with Gasteiger partial charge in [0.2, 0.25) is 10.0 Å². The average Bonchev–Trinajstić information content (AvgIpc) is 2.62. The van der Waals surface area contributed by atoms with Crippen molar-refractivity contribution < 1.29 is 17.6 Å².